The monoisotopic (exact) mass is 359 g/mol. The highest BCUT2D eigenvalue weighted by molar-refractivity contribution is 6.30. The Morgan fingerprint density at radius 3 is 2.88 bits per heavy atom. The number of carbonyl (C=O) groups is 2. The smallest absolute Gasteiger partial charge is 0.231 e. The molecule has 1 saturated heterocycles. The minimum absolute atomic E-state index is 0.0492. The number of hydrogen-bond acceptors (Lipinski definition) is 4. The van der Waals surface area contributed by atoms with Gasteiger partial charge in [0, 0.05) is 11.2 Å². The van der Waals surface area contributed by atoms with Crippen LogP contribution in [0.3, 0.4) is 0 Å². The van der Waals surface area contributed by atoms with Gasteiger partial charge >= 0.3 is 0 Å². The van der Waals surface area contributed by atoms with Crippen LogP contribution < -0.4 is 15.4 Å². The molecule has 2 N–H and O–H groups in total. The third kappa shape index (κ3) is 4.09. The lowest BCUT2D eigenvalue weighted by Gasteiger charge is -2.27. The fraction of sp³-hybridized carbons (Fsp3) is 0.278. The molecule has 2 amide bonds. The molecule has 25 heavy (non-hydrogen) atoms. The zero-order valence-electron chi connectivity index (χ0n) is 13.9. The highest BCUT2D eigenvalue weighted by Gasteiger charge is 2.27. The maximum Gasteiger partial charge on any atom is 0.231 e. The molecular weight excluding hydrogens is 342 g/mol. The van der Waals surface area contributed by atoms with Crippen LogP contribution in [0.1, 0.15) is 30.4 Å². The molecule has 0 unspecified atom stereocenters. The minimum Gasteiger partial charge on any atom is -0.470 e. The first kappa shape index (κ1) is 17.2. The van der Waals surface area contributed by atoms with E-state index in [0.717, 1.165) is 11.1 Å². The lowest BCUT2D eigenvalue weighted by molar-refractivity contribution is -0.134. The second kappa shape index (κ2) is 7.11. The highest BCUT2D eigenvalue weighted by Crippen LogP contribution is 2.28. The highest BCUT2D eigenvalue weighted by atomic mass is 35.5. The molecule has 0 radical (unpaired) electrons. The molecule has 2 atom stereocenters. The van der Waals surface area contributed by atoms with E-state index in [2.05, 4.69) is 15.6 Å². The number of nitrogens with one attached hydrogen (secondary N) is 2. The van der Waals surface area contributed by atoms with Crippen molar-refractivity contribution in [3.05, 3.63) is 52.8 Å². The maximum atomic E-state index is 12.5. The summed E-state index contributed by atoms with van der Waals surface area (Å²) in [5, 5.41) is 5.97. The van der Waals surface area contributed by atoms with E-state index in [1.54, 1.807) is 37.5 Å². The zero-order chi connectivity index (χ0) is 18.0. The Labute approximate surface area is 150 Å². The number of halogens is 1. The first-order chi connectivity index (χ1) is 11.9. The molecular formula is C18H18ClN3O3. The summed E-state index contributed by atoms with van der Waals surface area (Å²) in [5.74, 6) is -0.130. The van der Waals surface area contributed by atoms with Crippen molar-refractivity contribution in [2.45, 2.75) is 32.4 Å². The van der Waals surface area contributed by atoms with E-state index < -0.39 is 5.92 Å². The van der Waals surface area contributed by atoms with Gasteiger partial charge in [0.15, 0.2) is 6.23 Å². The number of carbonyl (C=O) groups excluding carboxylic acids is 2. The molecule has 7 heteroatoms. The van der Waals surface area contributed by atoms with Gasteiger partial charge in [-0.15, -0.1) is 0 Å². The van der Waals surface area contributed by atoms with Crippen molar-refractivity contribution in [3.8, 4) is 5.75 Å². The molecule has 1 fully saturated rings. The Balaban J connectivity index is 1.73. The van der Waals surface area contributed by atoms with Crippen molar-refractivity contribution in [1.82, 2.24) is 10.3 Å². The Kier molecular flexibility index (Phi) is 4.90. The molecule has 0 saturated carbocycles. The molecule has 6 nitrogen and oxygen atoms in total. The summed E-state index contributed by atoms with van der Waals surface area (Å²) in [4.78, 5) is 27.5. The molecule has 1 aromatic heterocycles. The van der Waals surface area contributed by atoms with Crippen LogP contribution in [0.15, 0.2) is 36.7 Å². The number of rotatable bonds is 5. The number of ether oxygens (including phenoxy) is 1. The number of pyridine rings is 1. The molecule has 0 aliphatic carbocycles. The fourth-order valence-electron chi connectivity index (χ4n) is 2.45. The van der Waals surface area contributed by atoms with E-state index in [0.29, 0.717) is 22.9 Å². The molecule has 130 valence electrons. The molecule has 1 aliphatic rings. The standard InChI is InChI=1S/C18H18ClN3O3/c1-10-3-4-20-9-15(10)21-18(24)11(2)12-5-13(19)7-14(6-12)25-17-8-16(23)22-17/h3-7,9,11,17H,8H2,1-2H3,(H,21,24)(H,22,23)/t11-,17+/m0/s1. The van der Waals surface area contributed by atoms with Gasteiger partial charge in [0.1, 0.15) is 5.75 Å². The first-order valence-corrected chi connectivity index (χ1v) is 8.28. The van der Waals surface area contributed by atoms with Gasteiger partial charge < -0.3 is 15.4 Å². The van der Waals surface area contributed by atoms with Gasteiger partial charge in [0.05, 0.1) is 24.2 Å². The van der Waals surface area contributed by atoms with Crippen molar-refractivity contribution >= 4 is 29.1 Å². The quantitative estimate of drug-likeness (QED) is 0.804. The van der Waals surface area contributed by atoms with Crippen LogP contribution >= 0.6 is 11.6 Å². The lowest BCUT2D eigenvalue weighted by Crippen LogP contribution is -2.51. The predicted octanol–water partition coefficient (Wildman–Crippen LogP) is 3.01. The number of β-lactam (4-membered cyclic amide) rings is 1. The van der Waals surface area contributed by atoms with Crippen molar-refractivity contribution in [2.24, 2.45) is 0 Å². The number of benzene rings is 1. The van der Waals surface area contributed by atoms with Gasteiger partial charge in [0.25, 0.3) is 0 Å². The molecule has 3 rings (SSSR count). The number of nitrogens with zero attached hydrogens (tertiary/aromatic N) is 1. The van der Waals surface area contributed by atoms with Gasteiger partial charge in [-0.1, -0.05) is 11.6 Å². The van der Waals surface area contributed by atoms with E-state index in [9.17, 15) is 9.59 Å². The Hall–Kier alpha value is -2.60. The van der Waals surface area contributed by atoms with Gasteiger partial charge in [0.2, 0.25) is 11.8 Å². The van der Waals surface area contributed by atoms with Gasteiger partial charge in [-0.3, -0.25) is 14.6 Å². The van der Waals surface area contributed by atoms with E-state index >= 15 is 0 Å². The van der Waals surface area contributed by atoms with Gasteiger partial charge in [-0.2, -0.15) is 0 Å². The van der Waals surface area contributed by atoms with Crippen LogP contribution in [0.5, 0.6) is 5.75 Å². The van der Waals surface area contributed by atoms with Crippen LogP contribution in [0.2, 0.25) is 5.02 Å². The zero-order valence-corrected chi connectivity index (χ0v) is 14.6. The average molecular weight is 360 g/mol. The third-order valence-corrected chi connectivity index (χ3v) is 4.27. The second-order valence-corrected chi connectivity index (χ2v) is 6.44. The van der Waals surface area contributed by atoms with Gasteiger partial charge in [-0.25, -0.2) is 0 Å². The van der Waals surface area contributed by atoms with Crippen LogP contribution in [0, 0.1) is 6.92 Å². The lowest BCUT2D eigenvalue weighted by atomic mass is 9.99. The van der Waals surface area contributed by atoms with E-state index in [1.165, 1.54) is 0 Å². The van der Waals surface area contributed by atoms with Crippen molar-refractivity contribution in [2.75, 3.05) is 5.32 Å². The normalized spacial score (nSPS) is 17.2. The molecule has 1 aliphatic heterocycles. The molecule has 2 aromatic rings. The minimum atomic E-state index is -0.434. The van der Waals surface area contributed by atoms with Crippen molar-refractivity contribution < 1.29 is 14.3 Å². The predicted molar refractivity (Wildman–Crippen MR) is 94.6 cm³/mol. The Morgan fingerprint density at radius 1 is 1.44 bits per heavy atom. The van der Waals surface area contributed by atoms with Crippen LogP contribution in [-0.2, 0) is 9.59 Å². The SMILES string of the molecule is Cc1ccncc1NC(=O)[C@@H](C)c1cc(Cl)cc(O[C@@H]2CC(=O)N2)c1. The molecule has 2 heterocycles. The molecule has 0 spiro atoms. The van der Waals surface area contributed by atoms with Crippen molar-refractivity contribution in [1.29, 1.82) is 0 Å². The first-order valence-electron chi connectivity index (χ1n) is 7.90. The van der Waals surface area contributed by atoms with E-state index in [4.69, 9.17) is 16.3 Å². The maximum absolute atomic E-state index is 12.5. The largest absolute Gasteiger partial charge is 0.470 e. The average Bonchev–Trinajstić information content (AvgIpc) is 2.54. The second-order valence-electron chi connectivity index (χ2n) is 6.00. The summed E-state index contributed by atoms with van der Waals surface area (Å²) >= 11 is 6.15. The summed E-state index contributed by atoms with van der Waals surface area (Å²) in [6.45, 7) is 3.70. The molecule has 0 bridgehead atoms. The molecule has 1 aromatic carbocycles. The number of anilines is 1. The number of amides is 2. The summed E-state index contributed by atoms with van der Waals surface area (Å²) in [7, 11) is 0. The van der Waals surface area contributed by atoms with E-state index in [1.807, 2.05) is 13.0 Å². The fourth-order valence-corrected chi connectivity index (χ4v) is 2.69. The summed E-state index contributed by atoms with van der Waals surface area (Å²) < 4.78 is 5.65. The van der Waals surface area contributed by atoms with Crippen LogP contribution in [0.4, 0.5) is 5.69 Å². The number of hydrogen-bond donors (Lipinski definition) is 2. The summed E-state index contributed by atoms with van der Waals surface area (Å²) in [6.07, 6.45) is 3.26. The number of aryl methyl sites for hydroxylation is 1. The van der Waals surface area contributed by atoms with Crippen LogP contribution in [0.25, 0.3) is 0 Å². The van der Waals surface area contributed by atoms with Crippen LogP contribution in [-0.4, -0.2) is 23.0 Å². The van der Waals surface area contributed by atoms with E-state index in [-0.39, 0.29) is 18.0 Å². The topological polar surface area (TPSA) is 80.3 Å². The summed E-state index contributed by atoms with van der Waals surface area (Å²) in [6, 6.07) is 6.98. The van der Waals surface area contributed by atoms with Crippen molar-refractivity contribution in [3.63, 3.8) is 0 Å². The Bertz CT molecular complexity index is 817. The van der Waals surface area contributed by atoms with Gasteiger partial charge in [-0.05, 0) is 49.2 Å². The summed E-state index contributed by atoms with van der Waals surface area (Å²) in [5.41, 5.74) is 2.34. The number of aromatic nitrogens is 1. The third-order valence-electron chi connectivity index (χ3n) is 4.05. The Morgan fingerprint density at radius 2 is 2.20 bits per heavy atom.